The zero-order valence-corrected chi connectivity index (χ0v) is 11.8. The van der Waals surface area contributed by atoms with Crippen LogP contribution >= 0.6 is 0 Å². The minimum atomic E-state index is 0.646. The van der Waals surface area contributed by atoms with E-state index in [2.05, 4.69) is 24.1 Å². The van der Waals surface area contributed by atoms with Crippen molar-refractivity contribution in [2.75, 3.05) is 26.2 Å². The van der Waals surface area contributed by atoms with Gasteiger partial charge in [0.05, 0.1) is 0 Å². The fourth-order valence-electron chi connectivity index (χ4n) is 3.60. The Labute approximate surface area is 107 Å². The SMILES string of the molecule is CCC1(CC)CCN(CCNC2CCCC2)C1. The van der Waals surface area contributed by atoms with Gasteiger partial charge < -0.3 is 10.2 Å². The average molecular weight is 238 g/mol. The van der Waals surface area contributed by atoms with E-state index in [1.807, 2.05) is 0 Å². The third kappa shape index (κ3) is 3.45. The van der Waals surface area contributed by atoms with Crippen LogP contribution in [0.4, 0.5) is 0 Å². The molecule has 2 rings (SSSR count). The van der Waals surface area contributed by atoms with Gasteiger partial charge in [-0.1, -0.05) is 26.7 Å². The Morgan fingerprint density at radius 1 is 1.18 bits per heavy atom. The summed E-state index contributed by atoms with van der Waals surface area (Å²) in [6.07, 6.45) is 9.84. The van der Waals surface area contributed by atoms with Crippen molar-refractivity contribution in [3.05, 3.63) is 0 Å². The molecule has 2 nitrogen and oxygen atoms in total. The monoisotopic (exact) mass is 238 g/mol. The summed E-state index contributed by atoms with van der Waals surface area (Å²) in [5.41, 5.74) is 0.646. The fraction of sp³-hybridized carbons (Fsp3) is 1.00. The molecule has 0 atom stereocenters. The van der Waals surface area contributed by atoms with E-state index < -0.39 is 0 Å². The van der Waals surface area contributed by atoms with Crippen molar-refractivity contribution < 1.29 is 0 Å². The first-order valence-electron chi connectivity index (χ1n) is 7.74. The summed E-state index contributed by atoms with van der Waals surface area (Å²) in [6.45, 7) is 9.86. The molecule has 1 aliphatic heterocycles. The van der Waals surface area contributed by atoms with Crippen LogP contribution in [0.5, 0.6) is 0 Å². The van der Waals surface area contributed by atoms with E-state index in [1.54, 1.807) is 0 Å². The number of hydrogen-bond donors (Lipinski definition) is 1. The molecule has 0 amide bonds. The summed E-state index contributed by atoms with van der Waals surface area (Å²) >= 11 is 0. The number of hydrogen-bond acceptors (Lipinski definition) is 2. The summed E-state index contributed by atoms with van der Waals surface area (Å²) in [7, 11) is 0. The summed E-state index contributed by atoms with van der Waals surface area (Å²) < 4.78 is 0. The zero-order chi connectivity index (χ0) is 12.1. The molecule has 17 heavy (non-hydrogen) atoms. The van der Waals surface area contributed by atoms with Crippen LogP contribution in [0.15, 0.2) is 0 Å². The highest BCUT2D eigenvalue weighted by molar-refractivity contribution is 4.88. The van der Waals surface area contributed by atoms with Crippen LogP contribution in [0, 0.1) is 5.41 Å². The number of rotatable bonds is 6. The van der Waals surface area contributed by atoms with Gasteiger partial charge in [0.25, 0.3) is 0 Å². The van der Waals surface area contributed by atoms with Crippen LogP contribution in [0.3, 0.4) is 0 Å². The van der Waals surface area contributed by atoms with Crippen LogP contribution in [0.2, 0.25) is 0 Å². The number of likely N-dealkylation sites (tertiary alicyclic amines) is 1. The molecule has 1 saturated carbocycles. The third-order valence-corrected chi connectivity index (χ3v) is 5.23. The lowest BCUT2D eigenvalue weighted by atomic mass is 9.82. The Morgan fingerprint density at radius 2 is 1.88 bits per heavy atom. The van der Waals surface area contributed by atoms with Crippen LogP contribution in [0.25, 0.3) is 0 Å². The van der Waals surface area contributed by atoms with E-state index in [-0.39, 0.29) is 0 Å². The predicted octanol–water partition coefficient (Wildman–Crippen LogP) is 3.03. The Kier molecular flexibility index (Phi) is 4.87. The second-order valence-corrected chi connectivity index (χ2v) is 6.17. The second kappa shape index (κ2) is 6.19. The molecule has 1 aliphatic carbocycles. The fourth-order valence-corrected chi connectivity index (χ4v) is 3.60. The normalized spacial score (nSPS) is 25.8. The van der Waals surface area contributed by atoms with E-state index in [0.29, 0.717) is 5.41 Å². The number of nitrogens with zero attached hydrogens (tertiary/aromatic N) is 1. The van der Waals surface area contributed by atoms with Gasteiger partial charge in [0.2, 0.25) is 0 Å². The largest absolute Gasteiger partial charge is 0.313 e. The van der Waals surface area contributed by atoms with E-state index in [1.165, 1.54) is 71.1 Å². The molecular weight excluding hydrogens is 208 g/mol. The Balaban J connectivity index is 1.63. The van der Waals surface area contributed by atoms with Gasteiger partial charge in [-0.3, -0.25) is 0 Å². The molecule has 0 bridgehead atoms. The van der Waals surface area contributed by atoms with Gasteiger partial charge in [0, 0.05) is 25.7 Å². The van der Waals surface area contributed by atoms with Crippen LogP contribution in [-0.2, 0) is 0 Å². The quantitative estimate of drug-likeness (QED) is 0.765. The highest BCUT2D eigenvalue weighted by Crippen LogP contribution is 2.36. The summed E-state index contributed by atoms with van der Waals surface area (Å²) in [6, 6.07) is 0.833. The molecule has 0 unspecified atom stereocenters. The van der Waals surface area contributed by atoms with Gasteiger partial charge in [-0.25, -0.2) is 0 Å². The molecule has 2 heteroatoms. The summed E-state index contributed by atoms with van der Waals surface area (Å²) in [5, 5.41) is 3.73. The highest BCUT2D eigenvalue weighted by Gasteiger charge is 2.34. The minimum absolute atomic E-state index is 0.646. The molecule has 1 saturated heterocycles. The first kappa shape index (κ1) is 13.4. The van der Waals surface area contributed by atoms with Gasteiger partial charge in [-0.2, -0.15) is 0 Å². The van der Waals surface area contributed by atoms with Crippen molar-refractivity contribution >= 4 is 0 Å². The summed E-state index contributed by atoms with van der Waals surface area (Å²) in [5.74, 6) is 0. The van der Waals surface area contributed by atoms with Crippen molar-refractivity contribution in [1.29, 1.82) is 0 Å². The molecule has 2 aliphatic rings. The van der Waals surface area contributed by atoms with Crippen LogP contribution in [-0.4, -0.2) is 37.1 Å². The maximum Gasteiger partial charge on any atom is 0.0107 e. The maximum atomic E-state index is 3.73. The van der Waals surface area contributed by atoms with Gasteiger partial charge in [0.15, 0.2) is 0 Å². The molecule has 0 radical (unpaired) electrons. The zero-order valence-electron chi connectivity index (χ0n) is 11.8. The third-order valence-electron chi connectivity index (χ3n) is 5.23. The van der Waals surface area contributed by atoms with Gasteiger partial charge in [0.1, 0.15) is 0 Å². The lowest BCUT2D eigenvalue weighted by Gasteiger charge is -2.26. The van der Waals surface area contributed by atoms with Crippen molar-refractivity contribution in [2.24, 2.45) is 5.41 Å². The predicted molar refractivity (Wildman–Crippen MR) is 74.3 cm³/mol. The molecule has 2 fully saturated rings. The lowest BCUT2D eigenvalue weighted by molar-refractivity contribution is 0.239. The highest BCUT2D eigenvalue weighted by atomic mass is 15.2. The Morgan fingerprint density at radius 3 is 2.47 bits per heavy atom. The average Bonchev–Trinajstić information content (AvgIpc) is 2.99. The molecule has 1 heterocycles. The minimum Gasteiger partial charge on any atom is -0.313 e. The van der Waals surface area contributed by atoms with Gasteiger partial charge in [-0.15, -0.1) is 0 Å². The molecule has 100 valence electrons. The Hall–Kier alpha value is -0.0800. The first-order chi connectivity index (χ1) is 8.28. The molecule has 0 aromatic heterocycles. The smallest absolute Gasteiger partial charge is 0.0107 e. The van der Waals surface area contributed by atoms with E-state index in [0.717, 1.165) is 6.04 Å². The topological polar surface area (TPSA) is 15.3 Å². The molecular formula is C15H30N2. The van der Waals surface area contributed by atoms with Crippen molar-refractivity contribution in [3.8, 4) is 0 Å². The van der Waals surface area contributed by atoms with Crippen LogP contribution in [0.1, 0.15) is 58.8 Å². The molecule has 0 spiro atoms. The van der Waals surface area contributed by atoms with Crippen LogP contribution < -0.4 is 5.32 Å². The number of nitrogens with one attached hydrogen (secondary N) is 1. The second-order valence-electron chi connectivity index (χ2n) is 6.17. The molecule has 1 N–H and O–H groups in total. The van der Waals surface area contributed by atoms with Crippen molar-refractivity contribution in [2.45, 2.75) is 64.8 Å². The summed E-state index contributed by atoms with van der Waals surface area (Å²) in [4.78, 5) is 2.68. The first-order valence-corrected chi connectivity index (χ1v) is 7.74. The molecule has 0 aromatic rings. The van der Waals surface area contributed by atoms with Gasteiger partial charge >= 0.3 is 0 Å². The van der Waals surface area contributed by atoms with Gasteiger partial charge in [-0.05, 0) is 44.1 Å². The van der Waals surface area contributed by atoms with E-state index in [9.17, 15) is 0 Å². The standard InChI is InChI=1S/C15H30N2/c1-3-15(4-2)9-11-17(13-15)12-10-16-14-7-5-6-8-14/h14,16H,3-13H2,1-2H3. The van der Waals surface area contributed by atoms with Crippen molar-refractivity contribution in [3.63, 3.8) is 0 Å². The Bertz CT molecular complexity index is 217. The molecule has 0 aromatic carbocycles. The van der Waals surface area contributed by atoms with E-state index >= 15 is 0 Å². The van der Waals surface area contributed by atoms with E-state index in [4.69, 9.17) is 0 Å². The van der Waals surface area contributed by atoms with Crippen molar-refractivity contribution in [1.82, 2.24) is 10.2 Å². The lowest BCUT2D eigenvalue weighted by Crippen LogP contribution is -2.36. The maximum absolute atomic E-state index is 3.73.